The van der Waals surface area contributed by atoms with E-state index < -0.39 is 15.9 Å². The minimum atomic E-state index is -3.88. The molecule has 0 spiro atoms. The van der Waals surface area contributed by atoms with Crippen molar-refractivity contribution in [2.24, 2.45) is 0 Å². The zero-order valence-electron chi connectivity index (χ0n) is 18.1. The van der Waals surface area contributed by atoms with Crippen LogP contribution < -0.4 is 19.5 Å². The number of rotatable bonds is 8. The predicted molar refractivity (Wildman–Crippen MR) is 123 cm³/mol. The van der Waals surface area contributed by atoms with Crippen LogP contribution in [0.2, 0.25) is 0 Å². The van der Waals surface area contributed by atoms with Crippen molar-refractivity contribution in [1.82, 2.24) is 4.31 Å². The Balaban J connectivity index is 1.33. The number of carbonyl (C=O) groups excluding carboxylic acids is 1. The fourth-order valence-corrected chi connectivity index (χ4v) is 4.37. The van der Waals surface area contributed by atoms with Crippen LogP contribution in [0.15, 0.2) is 77.7 Å². The van der Waals surface area contributed by atoms with Gasteiger partial charge in [-0.2, -0.15) is 4.31 Å². The number of fused-ring (bicyclic) bond motifs is 1. The number of amides is 1. The highest BCUT2D eigenvalue weighted by atomic mass is 32.2. The number of carbonyl (C=O) groups is 1. The SMILES string of the molecule is CN(CC(=O)Nc1ccc(OCc2ccccc2)cc1)S(=O)(=O)c1ccc2c(c1)OCCO2. The van der Waals surface area contributed by atoms with Crippen LogP contribution >= 0.6 is 0 Å². The molecule has 33 heavy (non-hydrogen) atoms. The second-order valence-corrected chi connectivity index (χ2v) is 9.46. The van der Waals surface area contributed by atoms with Gasteiger partial charge >= 0.3 is 0 Å². The van der Waals surface area contributed by atoms with Gasteiger partial charge < -0.3 is 19.5 Å². The van der Waals surface area contributed by atoms with Crippen LogP contribution in [0, 0.1) is 0 Å². The van der Waals surface area contributed by atoms with E-state index in [2.05, 4.69) is 5.32 Å². The molecule has 1 aliphatic heterocycles. The van der Waals surface area contributed by atoms with Gasteiger partial charge in [0.1, 0.15) is 25.6 Å². The summed E-state index contributed by atoms with van der Waals surface area (Å²) >= 11 is 0. The molecule has 172 valence electrons. The summed E-state index contributed by atoms with van der Waals surface area (Å²) in [4.78, 5) is 12.5. The molecule has 8 nitrogen and oxygen atoms in total. The smallest absolute Gasteiger partial charge is 0.243 e. The number of nitrogens with one attached hydrogen (secondary N) is 1. The first-order valence-corrected chi connectivity index (χ1v) is 11.8. The van der Waals surface area contributed by atoms with Crippen molar-refractivity contribution in [2.45, 2.75) is 11.5 Å². The second kappa shape index (κ2) is 9.93. The number of ether oxygens (including phenoxy) is 3. The predicted octanol–water partition coefficient (Wildman–Crippen LogP) is 3.30. The van der Waals surface area contributed by atoms with Gasteiger partial charge in [-0.3, -0.25) is 4.79 Å². The molecule has 3 aromatic carbocycles. The van der Waals surface area contributed by atoms with Crippen LogP contribution in [0.1, 0.15) is 5.56 Å². The van der Waals surface area contributed by atoms with Crippen LogP contribution in [0.25, 0.3) is 0 Å². The van der Waals surface area contributed by atoms with Gasteiger partial charge in [-0.1, -0.05) is 30.3 Å². The van der Waals surface area contributed by atoms with Gasteiger partial charge in [0.05, 0.1) is 11.4 Å². The minimum Gasteiger partial charge on any atom is -0.489 e. The number of likely N-dealkylation sites (N-methyl/N-ethyl adjacent to an activating group) is 1. The molecule has 0 bridgehead atoms. The largest absolute Gasteiger partial charge is 0.489 e. The highest BCUT2D eigenvalue weighted by Gasteiger charge is 2.25. The Morgan fingerprint density at radius 2 is 1.67 bits per heavy atom. The molecule has 4 rings (SSSR count). The van der Waals surface area contributed by atoms with Gasteiger partial charge in [0, 0.05) is 18.8 Å². The lowest BCUT2D eigenvalue weighted by Crippen LogP contribution is -2.35. The van der Waals surface area contributed by atoms with E-state index >= 15 is 0 Å². The number of nitrogens with zero attached hydrogens (tertiary/aromatic N) is 1. The van der Waals surface area contributed by atoms with Gasteiger partial charge in [0.15, 0.2) is 11.5 Å². The Kier molecular flexibility index (Phi) is 6.81. The molecule has 0 saturated carbocycles. The fourth-order valence-electron chi connectivity index (χ4n) is 3.23. The lowest BCUT2D eigenvalue weighted by atomic mass is 10.2. The van der Waals surface area contributed by atoms with Crippen molar-refractivity contribution in [3.8, 4) is 17.2 Å². The van der Waals surface area contributed by atoms with E-state index in [1.807, 2.05) is 30.3 Å². The summed E-state index contributed by atoms with van der Waals surface area (Å²) in [5.74, 6) is 1.07. The monoisotopic (exact) mass is 468 g/mol. The Hall–Kier alpha value is -3.56. The molecule has 1 amide bonds. The van der Waals surface area contributed by atoms with Gasteiger partial charge in [0.25, 0.3) is 0 Å². The fraction of sp³-hybridized carbons (Fsp3) is 0.208. The van der Waals surface area contributed by atoms with Crippen molar-refractivity contribution in [3.63, 3.8) is 0 Å². The molecule has 9 heteroatoms. The van der Waals surface area contributed by atoms with Gasteiger partial charge in [-0.25, -0.2) is 8.42 Å². The first-order chi connectivity index (χ1) is 15.9. The molecular formula is C24H24N2O6S. The number of hydrogen-bond donors (Lipinski definition) is 1. The van der Waals surface area contributed by atoms with E-state index in [0.29, 0.717) is 42.8 Å². The molecule has 1 N–H and O–H groups in total. The highest BCUT2D eigenvalue weighted by molar-refractivity contribution is 7.89. The van der Waals surface area contributed by atoms with Crippen molar-refractivity contribution in [2.75, 3.05) is 32.1 Å². The van der Waals surface area contributed by atoms with Crippen LogP contribution in [-0.2, 0) is 21.4 Å². The van der Waals surface area contributed by atoms with Crippen LogP contribution in [-0.4, -0.2) is 45.4 Å². The number of benzene rings is 3. The Labute approximate surface area is 192 Å². The number of anilines is 1. The van der Waals surface area contributed by atoms with Crippen LogP contribution in [0.4, 0.5) is 5.69 Å². The van der Waals surface area contributed by atoms with E-state index in [4.69, 9.17) is 14.2 Å². The topological polar surface area (TPSA) is 94.2 Å². The third-order valence-electron chi connectivity index (χ3n) is 4.97. The minimum absolute atomic E-state index is 0.0296. The lowest BCUT2D eigenvalue weighted by Gasteiger charge is -2.21. The van der Waals surface area contributed by atoms with Gasteiger partial charge in [-0.05, 0) is 42.0 Å². The summed E-state index contributed by atoms with van der Waals surface area (Å²) in [6.45, 7) is 0.863. The van der Waals surface area contributed by atoms with E-state index in [-0.39, 0.29) is 11.4 Å². The maximum Gasteiger partial charge on any atom is 0.243 e. The van der Waals surface area contributed by atoms with Crippen molar-refractivity contribution in [3.05, 3.63) is 78.4 Å². The zero-order valence-corrected chi connectivity index (χ0v) is 18.9. The third-order valence-corrected chi connectivity index (χ3v) is 6.77. The van der Waals surface area contributed by atoms with Crippen LogP contribution in [0.3, 0.4) is 0 Å². The molecule has 1 aliphatic rings. The number of hydrogen-bond acceptors (Lipinski definition) is 6. The first-order valence-electron chi connectivity index (χ1n) is 10.3. The maximum atomic E-state index is 12.9. The molecule has 1 heterocycles. The van der Waals surface area contributed by atoms with E-state index in [1.54, 1.807) is 30.3 Å². The van der Waals surface area contributed by atoms with Crippen LogP contribution in [0.5, 0.6) is 17.2 Å². The molecular weight excluding hydrogens is 444 g/mol. The Morgan fingerprint density at radius 3 is 2.39 bits per heavy atom. The normalized spacial score (nSPS) is 12.9. The zero-order chi connectivity index (χ0) is 23.3. The summed E-state index contributed by atoms with van der Waals surface area (Å²) < 4.78 is 43.3. The quantitative estimate of drug-likeness (QED) is 0.545. The average Bonchev–Trinajstić information content (AvgIpc) is 2.84. The first kappa shape index (κ1) is 22.6. The molecule has 0 fully saturated rings. The van der Waals surface area contributed by atoms with E-state index in [0.717, 1.165) is 9.87 Å². The Morgan fingerprint density at radius 1 is 0.970 bits per heavy atom. The standard InChI is InChI=1S/C24H24N2O6S/c1-26(33(28,29)21-11-12-22-23(15-21)31-14-13-30-22)16-24(27)25-19-7-9-20(10-8-19)32-17-18-5-3-2-4-6-18/h2-12,15H,13-14,16-17H2,1H3,(H,25,27). The van der Waals surface area contributed by atoms with Crippen molar-refractivity contribution >= 4 is 21.6 Å². The number of sulfonamides is 1. The highest BCUT2D eigenvalue weighted by Crippen LogP contribution is 2.33. The average molecular weight is 469 g/mol. The molecule has 0 radical (unpaired) electrons. The molecule has 0 aliphatic carbocycles. The van der Waals surface area contributed by atoms with Gasteiger partial charge in [0.2, 0.25) is 15.9 Å². The summed E-state index contributed by atoms with van der Waals surface area (Å²) in [7, 11) is -2.53. The summed E-state index contributed by atoms with van der Waals surface area (Å²) in [6, 6.07) is 21.1. The molecule has 0 aromatic heterocycles. The second-order valence-electron chi connectivity index (χ2n) is 7.41. The molecule has 0 atom stereocenters. The summed E-state index contributed by atoms with van der Waals surface area (Å²) in [6.07, 6.45) is 0. The molecule has 0 unspecified atom stereocenters. The van der Waals surface area contributed by atoms with E-state index in [9.17, 15) is 13.2 Å². The molecule has 3 aromatic rings. The van der Waals surface area contributed by atoms with Crippen molar-refractivity contribution in [1.29, 1.82) is 0 Å². The van der Waals surface area contributed by atoms with E-state index in [1.165, 1.54) is 19.2 Å². The Bertz CT molecular complexity index is 1210. The lowest BCUT2D eigenvalue weighted by molar-refractivity contribution is -0.116. The van der Waals surface area contributed by atoms with Gasteiger partial charge in [-0.15, -0.1) is 0 Å². The maximum absolute atomic E-state index is 12.9. The van der Waals surface area contributed by atoms with Crippen molar-refractivity contribution < 1.29 is 27.4 Å². The molecule has 0 saturated heterocycles. The summed E-state index contributed by atoms with van der Waals surface area (Å²) in [5, 5.41) is 2.70. The summed E-state index contributed by atoms with van der Waals surface area (Å²) in [5.41, 5.74) is 1.59. The third kappa shape index (κ3) is 5.63.